The number of hydrogen-bond donors (Lipinski definition) is 3. The van der Waals surface area contributed by atoms with E-state index in [4.69, 9.17) is 5.11 Å². The number of aliphatic hydroxyl groups is 2. The van der Waals surface area contributed by atoms with Crippen LogP contribution >= 0.6 is 0 Å². The van der Waals surface area contributed by atoms with E-state index < -0.39 is 18.2 Å². The standard InChI is InChI=1S/C23H34O4/c24-21(16-7-4-2-1-3-5-8-16)13-12-19-20-15-17(9-6-10-23(26)27)18(20)11-14-22(19)25/h9,16,18-22,24-25H,1-8,10-11,14-15H2,(H,26,27)/t18-,19-,20+,21?,22-/m1/s1. The minimum atomic E-state index is -0.756. The van der Waals surface area contributed by atoms with Crippen molar-refractivity contribution in [3.05, 3.63) is 11.6 Å². The Morgan fingerprint density at radius 3 is 2.52 bits per heavy atom. The Morgan fingerprint density at radius 1 is 1.11 bits per heavy atom. The predicted molar refractivity (Wildman–Crippen MR) is 105 cm³/mol. The summed E-state index contributed by atoms with van der Waals surface area (Å²) in [6.45, 7) is 0. The van der Waals surface area contributed by atoms with Gasteiger partial charge in [-0.1, -0.05) is 55.6 Å². The molecular formula is C23H34O4. The van der Waals surface area contributed by atoms with Crippen LogP contribution in [0.2, 0.25) is 0 Å². The fourth-order valence-electron chi connectivity index (χ4n) is 5.19. The molecule has 27 heavy (non-hydrogen) atoms. The van der Waals surface area contributed by atoms with Crippen LogP contribution < -0.4 is 0 Å². The van der Waals surface area contributed by atoms with Crippen LogP contribution in [0.3, 0.4) is 0 Å². The third-order valence-corrected chi connectivity index (χ3v) is 6.87. The number of hydrogen-bond acceptors (Lipinski definition) is 3. The Bertz CT molecular complexity index is 591. The molecule has 0 spiro atoms. The van der Waals surface area contributed by atoms with Gasteiger partial charge in [0.2, 0.25) is 0 Å². The second-order valence-electron chi connectivity index (χ2n) is 8.70. The highest BCUT2D eigenvalue weighted by molar-refractivity contribution is 5.66. The number of carboxylic acids is 1. The summed E-state index contributed by atoms with van der Waals surface area (Å²) >= 11 is 0. The fraction of sp³-hybridized carbons (Fsp3) is 0.783. The average molecular weight is 375 g/mol. The van der Waals surface area contributed by atoms with Gasteiger partial charge in [-0.3, -0.25) is 4.79 Å². The van der Waals surface area contributed by atoms with Crippen LogP contribution in [-0.4, -0.2) is 33.5 Å². The highest BCUT2D eigenvalue weighted by atomic mass is 16.4. The molecule has 0 aliphatic heterocycles. The summed E-state index contributed by atoms with van der Waals surface area (Å²) in [5.41, 5.74) is 1.35. The van der Waals surface area contributed by atoms with Gasteiger partial charge in [-0.15, -0.1) is 0 Å². The van der Waals surface area contributed by atoms with Crippen LogP contribution in [0.15, 0.2) is 11.6 Å². The van der Waals surface area contributed by atoms with Gasteiger partial charge in [0.15, 0.2) is 0 Å². The molecule has 0 saturated heterocycles. The largest absolute Gasteiger partial charge is 0.481 e. The predicted octanol–water partition coefficient (Wildman–Crippen LogP) is 3.91. The van der Waals surface area contributed by atoms with Crippen LogP contribution in [0, 0.1) is 35.5 Å². The first-order chi connectivity index (χ1) is 13.1. The zero-order valence-electron chi connectivity index (χ0n) is 16.3. The summed E-state index contributed by atoms with van der Waals surface area (Å²) in [5.74, 6) is 6.65. The van der Waals surface area contributed by atoms with Gasteiger partial charge in [0, 0.05) is 6.42 Å². The molecule has 3 saturated carbocycles. The summed E-state index contributed by atoms with van der Waals surface area (Å²) in [4.78, 5) is 10.7. The molecular weight excluding hydrogens is 340 g/mol. The number of aliphatic carboxylic acids is 1. The molecule has 3 N–H and O–H groups in total. The summed E-state index contributed by atoms with van der Waals surface area (Å²) < 4.78 is 0. The molecule has 0 aromatic heterocycles. The molecule has 1 unspecified atom stereocenters. The highest BCUT2D eigenvalue weighted by Crippen LogP contribution is 2.51. The fourth-order valence-corrected chi connectivity index (χ4v) is 5.19. The Balaban J connectivity index is 1.58. The first-order valence-corrected chi connectivity index (χ1v) is 10.8. The Labute approximate surface area is 163 Å². The lowest BCUT2D eigenvalue weighted by Gasteiger charge is -2.48. The van der Waals surface area contributed by atoms with Gasteiger partial charge in [-0.25, -0.2) is 0 Å². The average Bonchev–Trinajstić information content (AvgIpc) is 2.58. The van der Waals surface area contributed by atoms with E-state index in [1.54, 1.807) is 0 Å². The Morgan fingerprint density at radius 2 is 1.81 bits per heavy atom. The van der Waals surface area contributed by atoms with Crippen molar-refractivity contribution in [3.8, 4) is 11.8 Å². The quantitative estimate of drug-likeness (QED) is 0.515. The lowest BCUT2D eigenvalue weighted by Crippen LogP contribution is -2.44. The van der Waals surface area contributed by atoms with Crippen molar-refractivity contribution in [2.24, 2.45) is 23.7 Å². The number of fused-ring (bicyclic) bond motifs is 1. The van der Waals surface area contributed by atoms with Crippen molar-refractivity contribution in [1.82, 2.24) is 0 Å². The molecule has 0 bridgehead atoms. The molecule has 3 aliphatic rings. The molecule has 4 heteroatoms. The van der Waals surface area contributed by atoms with Gasteiger partial charge >= 0.3 is 5.97 Å². The third-order valence-electron chi connectivity index (χ3n) is 6.87. The van der Waals surface area contributed by atoms with Crippen molar-refractivity contribution < 1.29 is 20.1 Å². The maximum Gasteiger partial charge on any atom is 0.303 e. The lowest BCUT2D eigenvalue weighted by atomic mass is 9.57. The second kappa shape index (κ2) is 9.75. The van der Waals surface area contributed by atoms with Gasteiger partial charge in [-0.2, -0.15) is 0 Å². The monoisotopic (exact) mass is 374 g/mol. The lowest BCUT2D eigenvalue weighted by molar-refractivity contribution is -0.136. The SMILES string of the molecule is O=C(O)CCC=C1C[C@@H]2[C@@H](C#CC(O)C3CCCCCCC3)[C@H](O)CC[C@H]12. The van der Waals surface area contributed by atoms with Gasteiger partial charge < -0.3 is 15.3 Å². The Hall–Kier alpha value is -1.31. The minimum absolute atomic E-state index is 0.0522. The van der Waals surface area contributed by atoms with E-state index in [9.17, 15) is 15.0 Å². The van der Waals surface area contributed by atoms with E-state index in [2.05, 4.69) is 17.9 Å². The van der Waals surface area contributed by atoms with E-state index in [0.717, 1.165) is 32.1 Å². The van der Waals surface area contributed by atoms with Crippen molar-refractivity contribution in [3.63, 3.8) is 0 Å². The third kappa shape index (κ3) is 5.36. The van der Waals surface area contributed by atoms with Crippen LogP contribution in [0.4, 0.5) is 0 Å². The molecule has 0 radical (unpaired) electrons. The van der Waals surface area contributed by atoms with Crippen molar-refractivity contribution in [2.75, 3.05) is 0 Å². The van der Waals surface area contributed by atoms with Gasteiger partial charge in [0.25, 0.3) is 0 Å². The number of carboxylic acid groups (broad SMARTS) is 1. The van der Waals surface area contributed by atoms with Gasteiger partial charge in [0.1, 0.15) is 6.10 Å². The van der Waals surface area contributed by atoms with Gasteiger partial charge in [-0.05, 0) is 56.3 Å². The summed E-state index contributed by atoms with van der Waals surface area (Å²) in [6, 6.07) is 0. The van der Waals surface area contributed by atoms with E-state index in [0.29, 0.717) is 18.3 Å². The minimum Gasteiger partial charge on any atom is -0.481 e. The van der Waals surface area contributed by atoms with E-state index >= 15 is 0 Å². The number of carbonyl (C=O) groups is 1. The molecule has 0 heterocycles. The van der Waals surface area contributed by atoms with Crippen LogP contribution in [0.1, 0.15) is 77.0 Å². The zero-order chi connectivity index (χ0) is 19.2. The van der Waals surface area contributed by atoms with E-state index in [1.165, 1.54) is 37.7 Å². The topological polar surface area (TPSA) is 77.8 Å². The van der Waals surface area contributed by atoms with E-state index in [-0.39, 0.29) is 18.3 Å². The van der Waals surface area contributed by atoms with E-state index in [1.807, 2.05) is 0 Å². The van der Waals surface area contributed by atoms with Gasteiger partial charge in [0.05, 0.1) is 12.0 Å². The van der Waals surface area contributed by atoms with Crippen LogP contribution in [0.5, 0.6) is 0 Å². The number of rotatable bonds is 4. The van der Waals surface area contributed by atoms with Crippen molar-refractivity contribution in [2.45, 2.75) is 89.3 Å². The normalized spacial score (nSPS) is 34.4. The highest BCUT2D eigenvalue weighted by Gasteiger charge is 2.46. The van der Waals surface area contributed by atoms with Crippen LogP contribution in [-0.2, 0) is 4.79 Å². The molecule has 150 valence electrons. The number of aliphatic hydroxyl groups excluding tert-OH is 2. The molecule has 0 amide bonds. The zero-order valence-corrected chi connectivity index (χ0v) is 16.3. The summed E-state index contributed by atoms with van der Waals surface area (Å²) in [5, 5.41) is 29.8. The second-order valence-corrected chi connectivity index (χ2v) is 8.70. The Kier molecular flexibility index (Phi) is 7.38. The number of allylic oxidation sites excluding steroid dienone is 2. The molecule has 3 rings (SSSR count). The molecule has 0 aromatic rings. The molecule has 4 nitrogen and oxygen atoms in total. The van der Waals surface area contributed by atoms with Crippen LogP contribution in [0.25, 0.3) is 0 Å². The van der Waals surface area contributed by atoms with Crippen molar-refractivity contribution >= 4 is 5.97 Å². The maximum atomic E-state index is 10.7. The molecule has 0 aromatic carbocycles. The molecule has 3 fully saturated rings. The first kappa shape index (κ1) is 20.4. The smallest absolute Gasteiger partial charge is 0.303 e. The maximum absolute atomic E-state index is 10.7. The summed E-state index contributed by atoms with van der Waals surface area (Å²) in [7, 11) is 0. The summed E-state index contributed by atoms with van der Waals surface area (Å²) in [6.07, 6.45) is 12.8. The molecule has 3 aliphatic carbocycles. The molecule has 5 atom stereocenters. The van der Waals surface area contributed by atoms with Crippen molar-refractivity contribution in [1.29, 1.82) is 0 Å². The first-order valence-electron chi connectivity index (χ1n) is 10.8.